The number of carbonyl (C=O) groups is 3. The number of rotatable bonds is 5. The van der Waals surface area contributed by atoms with E-state index >= 15 is 0 Å². The van der Waals surface area contributed by atoms with Gasteiger partial charge in [0.05, 0.1) is 11.6 Å². The molecule has 1 saturated carbocycles. The van der Waals surface area contributed by atoms with Crippen molar-refractivity contribution >= 4 is 40.7 Å². The third-order valence-corrected chi connectivity index (χ3v) is 8.77. The molecule has 0 radical (unpaired) electrons. The van der Waals surface area contributed by atoms with E-state index in [1.165, 1.54) is 0 Å². The Kier molecular flexibility index (Phi) is 7.93. The van der Waals surface area contributed by atoms with Crippen LogP contribution in [0.15, 0.2) is 30.6 Å². The number of hydrogen-bond acceptors (Lipinski definition) is 8. The number of carbonyl (C=O) groups excluding carboxylic acids is 3. The molecule has 4 aliphatic rings. The maximum absolute atomic E-state index is 13.5. The lowest BCUT2D eigenvalue weighted by atomic mass is 9.95. The topological polar surface area (TPSA) is 126 Å². The minimum atomic E-state index is -0.565. The zero-order valence-corrected chi connectivity index (χ0v) is 26.2. The van der Waals surface area contributed by atoms with Crippen LogP contribution in [0.25, 0.3) is 11.0 Å². The number of fused-ring (bicyclic) bond motifs is 5. The Morgan fingerprint density at radius 3 is 2.41 bits per heavy atom. The molecule has 12 nitrogen and oxygen atoms in total. The van der Waals surface area contributed by atoms with Gasteiger partial charge in [-0.3, -0.25) is 9.59 Å². The number of pyridine rings is 1. The summed E-state index contributed by atoms with van der Waals surface area (Å²) < 4.78 is 7.72. The molecule has 1 N–H and O–H groups in total. The fourth-order valence-corrected chi connectivity index (χ4v) is 6.68. The van der Waals surface area contributed by atoms with Crippen molar-refractivity contribution in [2.45, 2.75) is 77.0 Å². The molecule has 6 heterocycles. The van der Waals surface area contributed by atoms with Crippen LogP contribution >= 0.6 is 0 Å². The molecule has 3 amide bonds. The second-order valence-electron chi connectivity index (χ2n) is 13.5. The Balaban J connectivity index is 1.17. The van der Waals surface area contributed by atoms with Gasteiger partial charge in [-0.1, -0.05) is 12.8 Å². The van der Waals surface area contributed by atoms with E-state index in [4.69, 9.17) is 9.72 Å². The van der Waals surface area contributed by atoms with E-state index in [1.54, 1.807) is 48.4 Å². The maximum Gasteiger partial charge on any atom is 0.410 e. The maximum atomic E-state index is 13.5. The average molecular weight is 603 g/mol. The van der Waals surface area contributed by atoms with Gasteiger partial charge in [0.25, 0.3) is 11.8 Å². The van der Waals surface area contributed by atoms with Crippen molar-refractivity contribution in [2.75, 3.05) is 39.0 Å². The van der Waals surface area contributed by atoms with Gasteiger partial charge in [-0.15, -0.1) is 0 Å². The Labute approximate surface area is 257 Å². The monoisotopic (exact) mass is 602 g/mol. The number of piperidine rings is 1. The van der Waals surface area contributed by atoms with Gasteiger partial charge in [-0.25, -0.2) is 14.8 Å². The predicted molar refractivity (Wildman–Crippen MR) is 166 cm³/mol. The first kappa shape index (κ1) is 29.8. The first-order valence-corrected chi connectivity index (χ1v) is 15.6. The summed E-state index contributed by atoms with van der Waals surface area (Å²) >= 11 is 0. The highest BCUT2D eigenvalue weighted by Crippen LogP contribution is 2.35. The molecular formula is C32H42N8O4. The van der Waals surface area contributed by atoms with Gasteiger partial charge < -0.3 is 29.3 Å². The number of nitrogens with one attached hydrogen (secondary N) is 1. The molecular weight excluding hydrogens is 560 g/mol. The number of ether oxygens (including phenoxy) is 1. The van der Waals surface area contributed by atoms with E-state index < -0.39 is 5.60 Å². The summed E-state index contributed by atoms with van der Waals surface area (Å²) in [6.45, 7) is 7.27. The van der Waals surface area contributed by atoms with Crippen LogP contribution in [0.1, 0.15) is 86.2 Å². The van der Waals surface area contributed by atoms with Crippen molar-refractivity contribution in [3.63, 3.8) is 0 Å². The molecule has 0 aromatic carbocycles. The largest absolute Gasteiger partial charge is 0.444 e. The summed E-state index contributed by atoms with van der Waals surface area (Å²) in [5, 5.41) is 3.98. The van der Waals surface area contributed by atoms with Gasteiger partial charge in [0, 0.05) is 57.6 Å². The zero-order chi connectivity index (χ0) is 31.2. The second-order valence-corrected chi connectivity index (χ2v) is 13.5. The fourth-order valence-electron chi connectivity index (χ4n) is 6.68. The van der Waals surface area contributed by atoms with Gasteiger partial charge in [0.1, 0.15) is 22.8 Å². The SMILES string of the molecule is CN(C)C(=O)c1cc2cnc(Nc3ccc(C(=O)N4CC5CCC(C4)N(C(=O)OC(C)(C)C)C5)cn3)nc2n1C1CCCC1. The Morgan fingerprint density at radius 1 is 0.955 bits per heavy atom. The highest BCUT2D eigenvalue weighted by Gasteiger charge is 2.40. The van der Waals surface area contributed by atoms with Crippen LogP contribution in [0.4, 0.5) is 16.6 Å². The molecule has 2 unspecified atom stereocenters. The van der Waals surface area contributed by atoms with Crippen LogP contribution in [-0.4, -0.2) is 97.5 Å². The van der Waals surface area contributed by atoms with Gasteiger partial charge in [-0.05, 0) is 70.6 Å². The van der Waals surface area contributed by atoms with Gasteiger partial charge in [-0.2, -0.15) is 4.98 Å². The van der Waals surface area contributed by atoms with Crippen LogP contribution in [0.2, 0.25) is 0 Å². The molecule has 2 atom stereocenters. The number of anilines is 2. The number of nitrogens with zero attached hydrogens (tertiary/aromatic N) is 7. The van der Waals surface area contributed by atoms with Crippen molar-refractivity contribution in [1.82, 2.24) is 34.2 Å². The molecule has 3 saturated heterocycles. The summed E-state index contributed by atoms with van der Waals surface area (Å²) in [6, 6.07) is 5.54. The number of hydrogen-bond donors (Lipinski definition) is 1. The van der Waals surface area contributed by atoms with Crippen LogP contribution in [0.3, 0.4) is 0 Å². The first-order valence-electron chi connectivity index (χ1n) is 15.6. The third-order valence-electron chi connectivity index (χ3n) is 8.77. The van der Waals surface area contributed by atoms with E-state index in [-0.39, 0.29) is 35.9 Å². The molecule has 3 aromatic rings. The van der Waals surface area contributed by atoms with E-state index in [9.17, 15) is 14.4 Å². The van der Waals surface area contributed by atoms with E-state index in [1.807, 2.05) is 31.7 Å². The summed E-state index contributed by atoms with van der Waals surface area (Å²) in [6.07, 6.45) is 9.11. The summed E-state index contributed by atoms with van der Waals surface area (Å²) in [7, 11) is 3.51. The van der Waals surface area contributed by atoms with Crippen LogP contribution in [0.5, 0.6) is 0 Å². The summed E-state index contributed by atoms with van der Waals surface area (Å²) in [5.41, 5.74) is 1.27. The lowest BCUT2D eigenvalue weighted by Crippen LogP contribution is -2.49. The van der Waals surface area contributed by atoms with Crippen molar-refractivity contribution in [1.29, 1.82) is 0 Å². The van der Waals surface area contributed by atoms with E-state index in [0.717, 1.165) is 49.6 Å². The molecule has 3 aromatic heterocycles. The molecule has 0 spiro atoms. The molecule has 7 rings (SSSR count). The van der Waals surface area contributed by atoms with E-state index in [0.29, 0.717) is 42.7 Å². The highest BCUT2D eigenvalue weighted by molar-refractivity contribution is 5.98. The first-order chi connectivity index (χ1) is 21.0. The second kappa shape index (κ2) is 11.7. The molecule has 234 valence electrons. The Bertz CT molecular complexity index is 1550. The highest BCUT2D eigenvalue weighted by atomic mass is 16.6. The van der Waals surface area contributed by atoms with E-state index in [2.05, 4.69) is 19.9 Å². The molecule has 2 bridgehead atoms. The van der Waals surface area contributed by atoms with Crippen LogP contribution < -0.4 is 5.32 Å². The van der Waals surface area contributed by atoms with Crippen LogP contribution in [0, 0.1) is 5.92 Å². The van der Waals surface area contributed by atoms with Crippen molar-refractivity contribution in [3.8, 4) is 0 Å². The Hall–Kier alpha value is -4.22. The minimum Gasteiger partial charge on any atom is -0.444 e. The lowest BCUT2D eigenvalue weighted by Gasteiger charge is -2.36. The zero-order valence-electron chi connectivity index (χ0n) is 26.2. The van der Waals surface area contributed by atoms with Gasteiger partial charge in [0.2, 0.25) is 5.95 Å². The normalized spacial score (nSPS) is 20.6. The summed E-state index contributed by atoms with van der Waals surface area (Å²) in [4.78, 5) is 58.4. The summed E-state index contributed by atoms with van der Waals surface area (Å²) in [5.74, 6) is 0.939. The molecule has 3 aliphatic heterocycles. The standard InChI is InChI=1S/C32H42N8O4/c1-32(2,3)44-31(43)39-18-20-10-12-24(39)19-38(17-20)28(41)21-11-13-26(33-15-21)35-30-34-16-22-14-25(29(42)37(4)5)40(27(22)36-30)23-8-6-7-9-23/h11,13-16,20,23-24H,6-10,12,17-19H2,1-5H3,(H,33,34,35,36). The Morgan fingerprint density at radius 2 is 1.73 bits per heavy atom. The van der Waals surface area contributed by atoms with Gasteiger partial charge >= 0.3 is 6.09 Å². The third kappa shape index (κ3) is 6.07. The van der Waals surface area contributed by atoms with Crippen molar-refractivity contribution in [2.24, 2.45) is 5.92 Å². The average Bonchev–Trinajstić information content (AvgIpc) is 3.53. The van der Waals surface area contributed by atoms with Crippen molar-refractivity contribution in [3.05, 3.63) is 41.9 Å². The van der Waals surface area contributed by atoms with Crippen LogP contribution in [-0.2, 0) is 4.74 Å². The molecule has 12 heteroatoms. The van der Waals surface area contributed by atoms with Gasteiger partial charge in [0.15, 0.2) is 0 Å². The molecule has 44 heavy (non-hydrogen) atoms. The van der Waals surface area contributed by atoms with Crippen molar-refractivity contribution < 1.29 is 19.1 Å². The quantitative estimate of drug-likeness (QED) is 0.439. The molecule has 1 aliphatic carbocycles. The number of aromatic nitrogens is 4. The fraction of sp³-hybridized carbons (Fsp3) is 0.562. The molecule has 4 fully saturated rings. The lowest BCUT2D eigenvalue weighted by molar-refractivity contribution is 0.00736. The smallest absolute Gasteiger partial charge is 0.410 e. The number of amides is 3. The predicted octanol–water partition coefficient (Wildman–Crippen LogP) is 4.86. The minimum absolute atomic E-state index is 0.0544.